The van der Waals surface area contributed by atoms with Crippen LogP contribution in [0.3, 0.4) is 0 Å². The summed E-state index contributed by atoms with van der Waals surface area (Å²) in [5, 5.41) is 2.38. The van der Waals surface area contributed by atoms with Gasteiger partial charge in [0.15, 0.2) is 11.5 Å². The van der Waals surface area contributed by atoms with Crippen molar-refractivity contribution in [3.63, 3.8) is 0 Å². The molecule has 3 heteroatoms. The minimum Gasteiger partial charge on any atom is -0.451 e. The molecule has 0 bridgehead atoms. The van der Waals surface area contributed by atoms with Crippen LogP contribution in [0.2, 0.25) is 0 Å². The van der Waals surface area contributed by atoms with E-state index in [0.29, 0.717) is 0 Å². The van der Waals surface area contributed by atoms with Crippen molar-refractivity contribution in [1.29, 1.82) is 0 Å². The summed E-state index contributed by atoms with van der Waals surface area (Å²) in [5.41, 5.74) is 12.5. The zero-order valence-electron chi connectivity index (χ0n) is 26.7. The number of nitrogens with zero attached hydrogens (tertiary/aromatic N) is 2. The third-order valence-corrected chi connectivity index (χ3v) is 9.94. The molecule has 0 saturated heterocycles. The number of aryl methyl sites for hydroxylation is 1. The van der Waals surface area contributed by atoms with Crippen molar-refractivity contribution in [3.8, 4) is 22.6 Å². The first-order chi connectivity index (χ1) is 23.0. The SMILES string of the molecule is Cc1cccc2c1N1c3ccccc3C(C)(C)c3ccc(N(c4ccc(-c5ccccc5)cc4)c4cccc5ccccc45)c(c31)O2. The van der Waals surface area contributed by atoms with Crippen LogP contribution in [0, 0.1) is 6.92 Å². The molecule has 2 aliphatic heterocycles. The van der Waals surface area contributed by atoms with Crippen LogP contribution in [-0.2, 0) is 5.41 Å². The summed E-state index contributed by atoms with van der Waals surface area (Å²) in [5.74, 6) is 1.73. The molecule has 0 fully saturated rings. The first-order valence-corrected chi connectivity index (χ1v) is 16.3. The van der Waals surface area contributed by atoms with Gasteiger partial charge < -0.3 is 14.5 Å². The number of hydrogen-bond donors (Lipinski definition) is 0. The maximum atomic E-state index is 7.09. The Labute approximate surface area is 275 Å². The Balaban J connectivity index is 1.33. The van der Waals surface area contributed by atoms with Gasteiger partial charge in [0.05, 0.1) is 28.4 Å². The molecule has 0 aliphatic carbocycles. The highest BCUT2D eigenvalue weighted by atomic mass is 16.5. The third kappa shape index (κ3) is 4.13. The summed E-state index contributed by atoms with van der Waals surface area (Å²) in [6.07, 6.45) is 0. The zero-order chi connectivity index (χ0) is 31.7. The molecule has 0 unspecified atom stereocenters. The van der Waals surface area contributed by atoms with Gasteiger partial charge in [0.25, 0.3) is 0 Å². The lowest BCUT2D eigenvalue weighted by molar-refractivity contribution is 0.472. The summed E-state index contributed by atoms with van der Waals surface area (Å²) in [7, 11) is 0. The number of benzene rings is 7. The van der Waals surface area contributed by atoms with Crippen LogP contribution in [-0.4, -0.2) is 0 Å². The molecule has 0 N–H and O–H groups in total. The van der Waals surface area contributed by atoms with Crippen LogP contribution < -0.4 is 14.5 Å². The normalized spacial score (nSPS) is 13.7. The van der Waals surface area contributed by atoms with Gasteiger partial charge in [-0.2, -0.15) is 0 Å². The van der Waals surface area contributed by atoms with E-state index in [2.05, 4.69) is 182 Å². The Kier molecular flexibility index (Phi) is 6.07. The third-order valence-electron chi connectivity index (χ3n) is 9.94. The summed E-state index contributed by atoms with van der Waals surface area (Å²) in [6, 6.07) is 54.4. The Morgan fingerprint density at radius 1 is 0.553 bits per heavy atom. The van der Waals surface area contributed by atoms with Gasteiger partial charge in [0.2, 0.25) is 0 Å². The van der Waals surface area contributed by atoms with E-state index in [1.54, 1.807) is 0 Å². The summed E-state index contributed by atoms with van der Waals surface area (Å²) < 4.78 is 7.09. The highest BCUT2D eigenvalue weighted by molar-refractivity contribution is 6.03. The van der Waals surface area contributed by atoms with Gasteiger partial charge in [0, 0.05) is 16.5 Å². The predicted molar refractivity (Wildman–Crippen MR) is 196 cm³/mol. The monoisotopic (exact) mass is 606 g/mol. The molecule has 0 radical (unpaired) electrons. The van der Waals surface area contributed by atoms with Gasteiger partial charge >= 0.3 is 0 Å². The Bertz CT molecular complexity index is 2320. The molecule has 0 amide bonds. The highest BCUT2D eigenvalue weighted by Gasteiger charge is 2.43. The standard InChI is InChI=1S/C44H34N2O/c1-29-13-11-22-40-41(29)46-38-20-10-9-19-35(38)44(2,3)36-27-28-39(43(47-40)42(36)46)45(37-21-12-17-32-16-7-8-18-34(32)37)33-25-23-31(24-26-33)30-14-5-4-6-15-30/h4-28H,1-3H3. The molecule has 2 heterocycles. The molecule has 226 valence electrons. The lowest BCUT2D eigenvalue weighted by Gasteiger charge is -2.46. The van der Waals surface area contributed by atoms with Crippen LogP contribution in [0.1, 0.15) is 30.5 Å². The van der Waals surface area contributed by atoms with E-state index in [1.165, 1.54) is 44.3 Å². The van der Waals surface area contributed by atoms with E-state index in [-0.39, 0.29) is 5.41 Å². The molecule has 47 heavy (non-hydrogen) atoms. The Hall–Kier alpha value is -5.80. The number of rotatable bonds is 4. The van der Waals surface area contributed by atoms with Crippen LogP contribution in [0.4, 0.5) is 34.1 Å². The number of ether oxygens (including phenoxy) is 1. The molecule has 3 nitrogen and oxygen atoms in total. The molecular weight excluding hydrogens is 572 g/mol. The van der Waals surface area contributed by atoms with Crippen LogP contribution in [0.25, 0.3) is 21.9 Å². The molecule has 9 rings (SSSR count). The Morgan fingerprint density at radius 3 is 2.11 bits per heavy atom. The van der Waals surface area contributed by atoms with Gasteiger partial charge in [-0.15, -0.1) is 0 Å². The van der Waals surface area contributed by atoms with Crippen molar-refractivity contribution in [2.75, 3.05) is 9.80 Å². The molecule has 7 aromatic carbocycles. The van der Waals surface area contributed by atoms with E-state index < -0.39 is 0 Å². The topological polar surface area (TPSA) is 15.7 Å². The molecule has 7 aromatic rings. The first-order valence-electron chi connectivity index (χ1n) is 16.3. The van der Waals surface area contributed by atoms with Gasteiger partial charge in [-0.3, -0.25) is 0 Å². The summed E-state index contributed by atoms with van der Waals surface area (Å²) in [6.45, 7) is 6.84. The molecule has 2 aliphatic rings. The smallest absolute Gasteiger partial charge is 0.175 e. The lowest BCUT2D eigenvalue weighted by atomic mass is 9.73. The van der Waals surface area contributed by atoms with Crippen LogP contribution in [0.15, 0.2) is 152 Å². The fraction of sp³-hybridized carbons (Fsp3) is 0.0909. The second-order valence-electron chi connectivity index (χ2n) is 13.1. The second kappa shape index (κ2) is 10.4. The van der Waals surface area contributed by atoms with E-state index in [4.69, 9.17) is 4.74 Å². The first kappa shape index (κ1) is 27.5. The van der Waals surface area contributed by atoms with Gasteiger partial charge in [-0.1, -0.05) is 129 Å². The number of fused-ring (bicyclic) bond motifs is 5. The highest BCUT2D eigenvalue weighted by Crippen LogP contribution is 2.63. The summed E-state index contributed by atoms with van der Waals surface area (Å²) in [4.78, 5) is 4.82. The maximum absolute atomic E-state index is 7.09. The average molecular weight is 607 g/mol. The lowest BCUT2D eigenvalue weighted by Crippen LogP contribution is -2.33. The molecule has 0 atom stereocenters. The average Bonchev–Trinajstić information content (AvgIpc) is 3.11. The van der Waals surface area contributed by atoms with Crippen molar-refractivity contribution in [2.45, 2.75) is 26.2 Å². The van der Waals surface area contributed by atoms with E-state index in [1.807, 2.05) is 0 Å². The quantitative estimate of drug-likeness (QED) is 0.198. The van der Waals surface area contributed by atoms with Gasteiger partial charge in [0.1, 0.15) is 0 Å². The van der Waals surface area contributed by atoms with E-state index in [0.717, 1.165) is 39.9 Å². The Morgan fingerprint density at radius 2 is 1.26 bits per heavy atom. The number of anilines is 6. The summed E-state index contributed by atoms with van der Waals surface area (Å²) >= 11 is 0. The van der Waals surface area contributed by atoms with E-state index in [9.17, 15) is 0 Å². The minimum absolute atomic E-state index is 0.221. The van der Waals surface area contributed by atoms with Gasteiger partial charge in [-0.05, 0) is 76.5 Å². The minimum atomic E-state index is -0.221. The van der Waals surface area contributed by atoms with Crippen molar-refractivity contribution < 1.29 is 4.74 Å². The molecule has 0 spiro atoms. The van der Waals surface area contributed by atoms with Gasteiger partial charge in [-0.25, -0.2) is 0 Å². The van der Waals surface area contributed by atoms with Crippen molar-refractivity contribution in [2.24, 2.45) is 0 Å². The van der Waals surface area contributed by atoms with Crippen molar-refractivity contribution in [3.05, 3.63) is 168 Å². The van der Waals surface area contributed by atoms with E-state index >= 15 is 0 Å². The van der Waals surface area contributed by atoms with Crippen molar-refractivity contribution >= 4 is 44.9 Å². The fourth-order valence-corrected chi connectivity index (χ4v) is 7.61. The van der Waals surface area contributed by atoms with Crippen LogP contribution >= 0.6 is 0 Å². The zero-order valence-corrected chi connectivity index (χ0v) is 26.7. The molecular formula is C44H34N2O. The molecule has 0 aromatic heterocycles. The molecule has 0 saturated carbocycles. The number of para-hydroxylation sites is 2. The fourth-order valence-electron chi connectivity index (χ4n) is 7.61. The van der Waals surface area contributed by atoms with Crippen molar-refractivity contribution in [1.82, 2.24) is 0 Å². The van der Waals surface area contributed by atoms with Crippen LogP contribution in [0.5, 0.6) is 11.5 Å². The second-order valence-corrected chi connectivity index (χ2v) is 13.1. The predicted octanol–water partition coefficient (Wildman–Crippen LogP) is 12.5. The maximum Gasteiger partial charge on any atom is 0.175 e. The number of hydrogen-bond acceptors (Lipinski definition) is 3. The largest absolute Gasteiger partial charge is 0.451 e.